The van der Waals surface area contributed by atoms with Gasteiger partial charge in [-0.3, -0.25) is 59.1 Å². The van der Waals surface area contributed by atoms with E-state index >= 15 is 0 Å². The number of carbonyl (C=O) groups excluding carboxylic acids is 6. The molecule has 684 valence electrons. The third-order valence-corrected chi connectivity index (χ3v) is 22.4. The number of esters is 1. The number of pyridine rings is 1. The van der Waals surface area contributed by atoms with E-state index in [1.54, 1.807) is 123 Å². The standard InChI is InChI=1S/C33H35F3N6O3.C23H27N3O4.C21H24N4O2.C19H20N6O4/c1-19(2)15-16-37-31(44)21-8-14-28-27(18-21)38-32(42(28)22-9-11-23(43)12-10-22)39-30-25-17-20(7-13-26(25)40-41-30)24-5-3-4-6-29(24)45-33(34,35)36;1-15-7-5-8-16(13-15)20(28)25-22-24-18-14-17(30-21(29)23(2,3)4)9-10-19(18)26(22)11-6-12-27;1-16-5-4-6-17(15-16)20(26)23-21-22-18-7-2-3-8-19(18)25(21)10-9-24-11-13-27-14-12-24;1-11-8-12(2-5-21-11)19-23-15(10-29-19)18(27)22-14-9-25(24-16(14)17(20)26)13-3-6-28-7-4-13/h3-8,13-14,17-19,22-23,43H,9-12,15-16H2,1-2H3,(H,37,44)(H2,38,39,40,41);5,7-10,13-14,27H,6,11-12H2,1-4H3,(H,24,25,28);2-8,15H,9-14H2,1H3,(H,22,23,26);2,5,8-10,13H,3-4,6-7H2,1H3,(H2,20,26)(H,22,27). The van der Waals surface area contributed by atoms with Crippen LogP contribution in [0.25, 0.3) is 66.6 Å². The topological polar surface area (TPSA) is 408 Å². The first-order valence-electron chi connectivity index (χ1n) is 43.6. The highest BCUT2D eigenvalue weighted by atomic mass is 19.4. The van der Waals surface area contributed by atoms with E-state index in [9.17, 15) is 52.2 Å². The third-order valence-electron chi connectivity index (χ3n) is 22.4. The summed E-state index contributed by atoms with van der Waals surface area (Å²) in [4.78, 5) is 99.7. The number of H-pyrrole nitrogens is 1. The highest BCUT2D eigenvalue weighted by molar-refractivity contribution is 6.08. The lowest BCUT2D eigenvalue weighted by molar-refractivity contribution is -0.274. The van der Waals surface area contributed by atoms with Crippen molar-refractivity contribution in [1.82, 2.24) is 68.8 Å². The van der Waals surface area contributed by atoms with Gasteiger partial charge in [-0.1, -0.05) is 85.6 Å². The van der Waals surface area contributed by atoms with Gasteiger partial charge >= 0.3 is 12.3 Å². The summed E-state index contributed by atoms with van der Waals surface area (Å²) in [6, 6.07) is 48.4. The number of nitrogens with one attached hydrogen (secondary N) is 6. The molecule has 1 saturated carbocycles. The first-order chi connectivity index (χ1) is 62.9. The Morgan fingerprint density at radius 1 is 0.626 bits per heavy atom. The number of aliphatic hydroxyl groups excluding tert-OH is 2. The Bertz CT molecular complexity index is 6400. The molecule has 10 N–H and O–H groups in total. The monoisotopic (exact) mass is 1790 g/mol. The molecule has 7 aromatic carbocycles. The number of hydrogen-bond acceptors (Lipinski definition) is 22. The maximum absolute atomic E-state index is 13.1. The second-order valence-corrected chi connectivity index (χ2v) is 33.8. The number of aliphatic hydroxyl groups is 2. The molecular weight excluding hydrogens is 1680 g/mol. The number of amides is 5. The SMILES string of the molecule is CC(C)CCNC(=O)c1ccc2c(c1)nc(Nc1n[nH]c3ccc(-c4ccccc4OC(F)(F)F)cc13)n2C1CCC(O)CC1.Cc1cc(-c2nc(C(=O)Nc3cn(C4CCOCC4)nc3C(N)=O)co2)ccn1.Cc1cccc(C(=O)Nc2nc3cc(OC(=O)C(C)(C)C)ccc3n2CCCO)c1.Cc1cccc(C(=O)Nc2nc3ccccc3n2CCN2CCOCC2)c1. The molecule has 5 amide bonds. The smallest absolute Gasteiger partial charge is 0.444 e. The number of aromatic nitrogens is 12. The van der Waals surface area contributed by atoms with Crippen molar-refractivity contribution in [3.05, 3.63) is 227 Å². The number of primary amides is 1. The average Bonchev–Trinajstić information content (AvgIpc) is 1.60. The summed E-state index contributed by atoms with van der Waals surface area (Å²) in [5.74, 6) is 0.649. The van der Waals surface area contributed by atoms with Crippen molar-refractivity contribution in [3.63, 3.8) is 0 Å². The lowest BCUT2D eigenvalue weighted by Gasteiger charge is -2.28. The summed E-state index contributed by atoms with van der Waals surface area (Å²) in [7, 11) is 0. The molecule has 1 aliphatic carbocycles. The second kappa shape index (κ2) is 42.1. The molecule has 3 aliphatic rings. The van der Waals surface area contributed by atoms with Gasteiger partial charge in [-0.15, -0.1) is 13.2 Å². The van der Waals surface area contributed by atoms with E-state index in [-0.39, 0.29) is 76.9 Å². The van der Waals surface area contributed by atoms with E-state index in [1.165, 1.54) is 18.4 Å². The van der Waals surface area contributed by atoms with E-state index in [4.69, 9.17) is 29.3 Å². The predicted molar refractivity (Wildman–Crippen MR) is 491 cm³/mol. The Hall–Kier alpha value is -14.0. The van der Waals surface area contributed by atoms with Gasteiger partial charge in [-0.05, 0) is 201 Å². The van der Waals surface area contributed by atoms with Crippen molar-refractivity contribution in [2.45, 2.75) is 144 Å². The van der Waals surface area contributed by atoms with E-state index in [0.717, 1.165) is 110 Å². The fraction of sp³-hybridized carbons (Fsp3) is 0.344. The van der Waals surface area contributed by atoms with Gasteiger partial charge in [0, 0.05) is 122 Å². The molecule has 7 aromatic heterocycles. The molecule has 0 bridgehead atoms. The average molecular weight is 1790 g/mol. The van der Waals surface area contributed by atoms with E-state index in [2.05, 4.69) is 94.4 Å². The van der Waals surface area contributed by atoms with Gasteiger partial charge in [-0.2, -0.15) is 10.2 Å². The number of morpholine rings is 1. The lowest BCUT2D eigenvalue weighted by Crippen LogP contribution is -2.38. The Labute approximate surface area is 752 Å². The largest absolute Gasteiger partial charge is 0.573 e. The fourth-order valence-corrected chi connectivity index (χ4v) is 15.4. The summed E-state index contributed by atoms with van der Waals surface area (Å²) in [5, 5.41) is 46.6. The highest BCUT2D eigenvalue weighted by Gasteiger charge is 2.34. The van der Waals surface area contributed by atoms with Crippen molar-refractivity contribution in [3.8, 4) is 34.1 Å². The molecule has 0 unspecified atom stereocenters. The Kier molecular flexibility index (Phi) is 29.9. The number of para-hydroxylation sites is 3. The molecule has 0 spiro atoms. The molecule has 2 aliphatic heterocycles. The van der Waals surface area contributed by atoms with Gasteiger partial charge < -0.3 is 69.0 Å². The van der Waals surface area contributed by atoms with Crippen LogP contribution >= 0.6 is 0 Å². The number of halogens is 3. The number of rotatable bonds is 25. The van der Waals surface area contributed by atoms with E-state index in [0.29, 0.717) is 137 Å². The molecule has 14 aromatic rings. The van der Waals surface area contributed by atoms with Gasteiger partial charge in [0.25, 0.3) is 29.5 Å². The number of imidazole rings is 3. The maximum atomic E-state index is 13.1. The summed E-state index contributed by atoms with van der Waals surface area (Å²) in [6.07, 6.45) is 5.09. The van der Waals surface area contributed by atoms with Gasteiger partial charge in [0.05, 0.1) is 75.1 Å². The summed E-state index contributed by atoms with van der Waals surface area (Å²) >= 11 is 0. The number of carbonyl (C=O) groups is 6. The molecular formula is C96H106F3N19O13. The molecule has 131 heavy (non-hydrogen) atoms. The number of nitrogens with two attached hydrogens (primary N) is 1. The van der Waals surface area contributed by atoms with E-state index < -0.39 is 23.6 Å². The van der Waals surface area contributed by atoms with Crippen molar-refractivity contribution in [2.75, 3.05) is 80.5 Å². The number of aromatic amines is 1. The minimum Gasteiger partial charge on any atom is -0.444 e. The van der Waals surface area contributed by atoms with Gasteiger partial charge in [0.1, 0.15) is 17.8 Å². The number of nitrogens with zero attached hydrogens (tertiary/aromatic N) is 12. The van der Waals surface area contributed by atoms with Crippen LogP contribution in [0.3, 0.4) is 0 Å². The number of hydrogen-bond donors (Lipinski definition) is 9. The van der Waals surface area contributed by atoms with Crippen molar-refractivity contribution < 1.29 is 75.5 Å². The fourth-order valence-electron chi connectivity index (χ4n) is 15.4. The Morgan fingerprint density at radius 3 is 1.95 bits per heavy atom. The van der Waals surface area contributed by atoms with Crippen LogP contribution < -0.4 is 41.8 Å². The van der Waals surface area contributed by atoms with Gasteiger partial charge in [0.2, 0.25) is 23.7 Å². The lowest BCUT2D eigenvalue weighted by atomic mass is 9.93. The quantitative estimate of drug-likeness (QED) is 0.0189. The predicted octanol–water partition coefficient (Wildman–Crippen LogP) is 16.3. The number of alkyl halides is 3. The molecule has 2 saturated heterocycles. The van der Waals surface area contributed by atoms with Crippen molar-refractivity contribution >= 4 is 109 Å². The van der Waals surface area contributed by atoms with Gasteiger partial charge in [0.15, 0.2) is 17.2 Å². The number of aryl methyl sites for hydroxylation is 4. The molecule has 3 fully saturated rings. The summed E-state index contributed by atoms with van der Waals surface area (Å²) in [5.41, 5.74) is 16.6. The zero-order valence-corrected chi connectivity index (χ0v) is 74.0. The zero-order valence-electron chi connectivity index (χ0n) is 74.0. The van der Waals surface area contributed by atoms with Crippen LogP contribution in [0.15, 0.2) is 187 Å². The highest BCUT2D eigenvalue weighted by Crippen LogP contribution is 2.40. The molecule has 9 heterocycles. The molecule has 0 radical (unpaired) electrons. The minimum absolute atomic E-state index is 0.00156. The van der Waals surface area contributed by atoms with Crippen molar-refractivity contribution in [2.24, 2.45) is 17.1 Å². The summed E-state index contributed by atoms with van der Waals surface area (Å²) < 4.78 is 73.0. The number of fused-ring (bicyclic) bond motifs is 4. The number of benzene rings is 7. The van der Waals surface area contributed by atoms with Gasteiger partial charge in [-0.25, -0.2) is 19.9 Å². The zero-order chi connectivity index (χ0) is 92.6. The first kappa shape index (κ1) is 93.2. The molecule has 35 heteroatoms. The number of oxazole rings is 1. The maximum Gasteiger partial charge on any atom is 0.573 e. The third kappa shape index (κ3) is 23.9. The number of ether oxygens (including phenoxy) is 4. The van der Waals surface area contributed by atoms with Crippen molar-refractivity contribution in [1.29, 1.82) is 0 Å². The van der Waals surface area contributed by atoms with Crippen LogP contribution in [0.1, 0.15) is 167 Å². The molecule has 17 rings (SSSR count). The van der Waals surface area contributed by atoms with Crippen LogP contribution in [-0.2, 0) is 27.4 Å². The van der Waals surface area contributed by atoms with E-state index in [1.807, 2.05) is 92.1 Å². The molecule has 32 nitrogen and oxygen atoms in total. The number of anilines is 5. The van der Waals surface area contributed by atoms with Crippen LogP contribution in [0.4, 0.5) is 42.5 Å². The second-order valence-electron chi connectivity index (χ2n) is 33.8. The Balaban J connectivity index is 0.000000144. The Morgan fingerprint density at radius 2 is 1.27 bits per heavy atom. The normalized spacial score (nSPS) is 14.9. The first-order valence-corrected chi connectivity index (χ1v) is 43.6. The van der Waals surface area contributed by atoms with Crippen LogP contribution in [-0.4, -0.2) is 181 Å². The van der Waals surface area contributed by atoms with Crippen LogP contribution in [0.5, 0.6) is 11.5 Å². The molecule has 0 atom stereocenters. The van der Waals surface area contributed by atoms with Crippen LogP contribution in [0, 0.1) is 32.1 Å². The van der Waals surface area contributed by atoms with Crippen LogP contribution in [0.2, 0.25) is 0 Å². The summed E-state index contributed by atoms with van der Waals surface area (Å²) in [6.45, 7) is 22.8. The minimum atomic E-state index is -4.83.